The van der Waals surface area contributed by atoms with Crippen molar-refractivity contribution in [2.45, 2.75) is 77.7 Å². The minimum absolute atomic E-state index is 0.297. The van der Waals surface area contributed by atoms with Gasteiger partial charge in [-0.15, -0.1) is 11.3 Å². The molecule has 0 aliphatic rings. The van der Waals surface area contributed by atoms with E-state index in [9.17, 15) is 0 Å². The van der Waals surface area contributed by atoms with Crippen LogP contribution in [0.15, 0.2) is 5.38 Å². The van der Waals surface area contributed by atoms with Crippen LogP contribution in [-0.4, -0.2) is 11.0 Å². The molecule has 1 aromatic heterocycles. The maximum absolute atomic E-state index is 6.14. The van der Waals surface area contributed by atoms with Crippen molar-refractivity contribution in [1.29, 1.82) is 0 Å². The smallest absolute Gasteiger partial charge is 0.0943 e. The van der Waals surface area contributed by atoms with Crippen LogP contribution in [-0.2, 0) is 6.42 Å². The first kappa shape index (κ1) is 15.6. The third-order valence-corrected chi connectivity index (χ3v) is 4.27. The van der Waals surface area contributed by atoms with Gasteiger partial charge in [0.05, 0.1) is 5.01 Å². The third kappa shape index (κ3) is 7.12. The van der Waals surface area contributed by atoms with Gasteiger partial charge in [0, 0.05) is 23.5 Å². The second-order valence-corrected chi connectivity index (χ2v) is 6.20. The van der Waals surface area contributed by atoms with Crippen LogP contribution >= 0.6 is 11.3 Å². The fourth-order valence-electron chi connectivity index (χ4n) is 2.19. The quantitative estimate of drug-likeness (QED) is 0.636. The molecule has 0 aromatic carbocycles. The topological polar surface area (TPSA) is 38.9 Å². The van der Waals surface area contributed by atoms with Gasteiger partial charge in [0.2, 0.25) is 0 Å². The van der Waals surface area contributed by atoms with Crippen LogP contribution in [0.3, 0.4) is 0 Å². The average Bonchev–Trinajstić information content (AvgIpc) is 2.73. The summed E-state index contributed by atoms with van der Waals surface area (Å²) in [5.74, 6) is 0. The lowest BCUT2D eigenvalue weighted by Crippen LogP contribution is -2.22. The first-order valence-corrected chi connectivity index (χ1v) is 8.27. The van der Waals surface area contributed by atoms with Crippen molar-refractivity contribution in [2.75, 3.05) is 0 Å². The van der Waals surface area contributed by atoms with Crippen molar-refractivity contribution in [3.63, 3.8) is 0 Å². The largest absolute Gasteiger partial charge is 0.327 e. The summed E-state index contributed by atoms with van der Waals surface area (Å²) in [5, 5.41) is 3.30. The highest BCUT2D eigenvalue weighted by atomic mass is 32.1. The Labute approximate surface area is 116 Å². The van der Waals surface area contributed by atoms with Gasteiger partial charge in [-0.1, -0.05) is 51.9 Å². The van der Waals surface area contributed by atoms with Gasteiger partial charge in [-0.3, -0.25) is 0 Å². The van der Waals surface area contributed by atoms with Crippen LogP contribution in [0.2, 0.25) is 0 Å². The molecule has 0 saturated heterocycles. The van der Waals surface area contributed by atoms with Crippen LogP contribution in [0.1, 0.15) is 69.0 Å². The van der Waals surface area contributed by atoms with E-state index < -0.39 is 0 Å². The van der Waals surface area contributed by atoms with E-state index in [-0.39, 0.29) is 0 Å². The SMILES string of the molecule is CCCCCCCCCC(N)Cc1nc(C)cs1. The summed E-state index contributed by atoms with van der Waals surface area (Å²) in [5.41, 5.74) is 7.27. The lowest BCUT2D eigenvalue weighted by Gasteiger charge is -2.09. The fourth-order valence-corrected chi connectivity index (χ4v) is 3.05. The highest BCUT2D eigenvalue weighted by Crippen LogP contribution is 2.14. The molecule has 1 aromatic rings. The summed E-state index contributed by atoms with van der Waals surface area (Å²) in [6.07, 6.45) is 11.6. The normalized spacial score (nSPS) is 12.8. The zero-order valence-electron chi connectivity index (χ0n) is 12.0. The van der Waals surface area contributed by atoms with E-state index in [4.69, 9.17) is 5.73 Å². The Kier molecular flexibility index (Phi) is 8.27. The van der Waals surface area contributed by atoms with E-state index >= 15 is 0 Å². The lowest BCUT2D eigenvalue weighted by molar-refractivity contribution is 0.527. The summed E-state index contributed by atoms with van der Waals surface area (Å²) in [6, 6.07) is 0.297. The standard InChI is InChI=1S/C15H28N2S/c1-3-4-5-6-7-8-9-10-14(16)11-15-17-13(2)12-18-15/h12,14H,3-11,16H2,1-2H3. The fraction of sp³-hybridized carbons (Fsp3) is 0.800. The molecule has 3 heteroatoms. The number of aromatic nitrogens is 1. The number of nitrogens with zero attached hydrogens (tertiary/aromatic N) is 1. The molecule has 104 valence electrons. The van der Waals surface area contributed by atoms with Crippen molar-refractivity contribution in [1.82, 2.24) is 4.98 Å². The monoisotopic (exact) mass is 268 g/mol. The van der Waals surface area contributed by atoms with Gasteiger partial charge < -0.3 is 5.73 Å². The number of nitrogens with two attached hydrogens (primary N) is 1. The van der Waals surface area contributed by atoms with E-state index in [1.54, 1.807) is 11.3 Å². The molecule has 1 heterocycles. The van der Waals surface area contributed by atoms with Crippen LogP contribution in [0, 0.1) is 6.92 Å². The summed E-state index contributed by atoms with van der Waals surface area (Å²) in [6.45, 7) is 4.31. The molecule has 0 aliphatic heterocycles. The Morgan fingerprint density at radius 1 is 1.17 bits per heavy atom. The molecule has 0 amide bonds. The molecule has 1 rings (SSSR count). The molecule has 0 spiro atoms. The van der Waals surface area contributed by atoms with E-state index in [2.05, 4.69) is 17.3 Å². The van der Waals surface area contributed by atoms with Crippen molar-refractivity contribution in [2.24, 2.45) is 5.73 Å². The predicted molar refractivity (Wildman–Crippen MR) is 81.1 cm³/mol. The minimum Gasteiger partial charge on any atom is -0.327 e. The Morgan fingerprint density at radius 2 is 1.83 bits per heavy atom. The van der Waals surface area contributed by atoms with Crippen molar-refractivity contribution in [3.8, 4) is 0 Å². The van der Waals surface area contributed by atoms with E-state index in [0.717, 1.165) is 18.5 Å². The molecule has 0 radical (unpaired) electrons. The van der Waals surface area contributed by atoms with Crippen LogP contribution < -0.4 is 5.73 Å². The zero-order valence-corrected chi connectivity index (χ0v) is 12.8. The number of unbranched alkanes of at least 4 members (excludes halogenated alkanes) is 6. The van der Waals surface area contributed by atoms with Gasteiger partial charge in [0.1, 0.15) is 0 Å². The summed E-state index contributed by atoms with van der Waals surface area (Å²) >= 11 is 1.74. The third-order valence-electron chi connectivity index (χ3n) is 3.28. The zero-order chi connectivity index (χ0) is 13.2. The molecule has 0 saturated carbocycles. The second-order valence-electron chi connectivity index (χ2n) is 5.26. The van der Waals surface area contributed by atoms with Gasteiger partial charge >= 0.3 is 0 Å². The first-order valence-electron chi connectivity index (χ1n) is 7.39. The number of thiazole rings is 1. The van der Waals surface area contributed by atoms with E-state index in [1.807, 2.05) is 6.92 Å². The predicted octanol–water partition coefficient (Wildman–Crippen LogP) is 4.46. The van der Waals surface area contributed by atoms with Gasteiger partial charge in [0.15, 0.2) is 0 Å². The number of hydrogen-bond donors (Lipinski definition) is 1. The average molecular weight is 268 g/mol. The lowest BCUT2D eigenvalue weighted by atomic mass is 10.0. The van der Waals surface area contributed by atoms with Gasteiger partial charge in [0.25, 0.3) is 0 Å². The molecule has 0 aliphatic carbocycles. The summed E-state index contributed by atoms with van der Waals surface area (Å²) < 4.78 is 0. The molecule has 1 atom stereocenters. The summed E-state index contributed by atoms with van der Waals surface area (Å²) in [7, 11) is 0. The number of rotatable bonds is 10. The minimum atomic E-state index is 0.297. The second kappa shape index (κ2) is 9.51. The Hall–Kier alpha value is -0.410. The van der Waals surface area contributed by atoms with Crippen LogP contribution in [0.4, 0.5) is 0 Å². The van der Waals surface area contributed by atoms with Crippen molar-refractivity contribution in [3.05, 3.63) is 16.1 Å². The highest BCUT2D eigenvalue weighted by molar-refractivity contribution is 7.09. The van der Waals surface area contributed by atoms with Gasteiger partial charge in [-0.05, 0) is 13.3 Å². The van der Waals surface area contributed by atoms with Gasteiger partial charge in [-0.2, -0.15) is 0 Å². The van der Waals surface area contributed by atoms with Crippen molar-refractivity contribution >= 4 is 11.3 Å². The first-order chi connectivity index (χ1) is 8.72. The maximum atomic E-state index is 6.14. The highest BCUT2D eigenvalue weighted by Gasteiger charge is 2.06. The summed E-state index contributed by atoms with van der Waals surface area (Å²) in [4.78, 5) is 4.47. The molecule has 1 unspecified atom stereocenters. The molecule has 0 fully saturated rings. The molecular formula is C15H28N2S. The Morgan fingerprint density at radius 3 is 2.44 bits per heavy atom. The molecule has 2 nitrogen and oxygen atoms in total. The van der Waals surface area contributed by atoms with Crippen molar-refractivity contribution < 1.29 is 0 Å². The van der Waals surface area contributed by atoms with Crippen LogP contribution in [0.5, 0.6) is 0 Å². The maximum Gasteiger partial charge on any atom is 0.0943 e. The van der Waals surface area contributed by atoms with Gasteiger partial charge in [-0.25, -0.2) is 4.98 Å². The van der Waals surface area contributed by atoms with E-state index in [1.165, 1.54) is 50.0 Å². The molecule has 18 heavy (non-hydrogen) atoms. The molecular weight excluding hydrogens is 240 g/mol. The van der Waals surface area contributed by atoms with Crippen LogP contribution in [0.25, 0.3) is 0 Å². The Bertz CT molecular complexity index is 309. The van der Waals surface area contributed by atoms with E-state index in [0.29, 0.717) is 6.04 Å². The molecule has 0 bridgehead atoms. The Balaban J connectivity index is 1.98. The number of hydrogen-bond acceptors (Lipinski definition) is 3. The molecule has 2 N–H and O–H groups in total. The number of aryl methyl sites for hydroxylation is 1.